The number of hydrogen-bond acceptors (Lipinski definition) is 3. The molecule has 1 heterocycles. The van der Waals surface area contributed by atoms with Crippen LogP contribution >= 0.6 is 11.3 Å². The second-order valence-corrected chi connectivity index (χ2v) is 6.18. The zero-order chi connectivity index (χ0) is 15.1. The number of fused-ring (bicyclic) bond motifs is 3. The Hall–Kier alpha value is -2.34. The van der Waals surface area contributed by atoms with Crippen molar-refractivity contribution >= 4 is 28.3 Å². The van der Waals surface area contributed by atoms with E-state index in [9.17, 15) is 9.59 Å². The van der Waals surface area contributed by atoms with Crippen molar-refractivity contribution in [1.29, 1.82) is 0 Å². The summed E-state index contributed by atoms with van der Waals surface area (Å²) in [5.41, 5.74) is 14.3. The molecule has 0 bridgehead atoms. The predicted octanol–water partition coefficient (Wildman–Crippen LogP) is 2.66. The van der Waals surface area contributed by atoms with Crippen LogP contribution in [0.15, 0.2) is 24.3 Å². The Bertz CT molecular complexity index is 751. The highest BCUT2D eigenvalue weighted by Crippen LogP contribution is 2.48. The molecule has 1 atom stereocenters. The van der Waals surface area contributed by atoms with E-state index in [2.05, 4.69) is 18.3 Å². The zero-order valence-corrected chi connectivity index (χ0v) is 12.3. The summed E-state index contributed by atoms with van der Waals surface area (Å²) in [4.78, 5) is 23.9. The molecule has 0 fully saturated rings. The van der Waals surface area contributed by atoms with E-state index >= 15 is 0 Å². The van der Waals surface area contributed by atoms with Gasteiger partial charge in [0, 0.05) is 4.88 Å². The highest BCUT2D eigenvalue weighted by Gasteiger charge is 2.30. The lowest BCUT2D eigenvalue weighted by Gasteiger charge is -2.22. The largest absolute Gasteiger partial charge is 0.365 e. The van der Waals surface area contributed by atoms with Crippen molar-refractivity contribution in [3.05, 3.63) is 41.0 Å². The van der Waals surface area contributed by atoms with Crippen LogP contribution in [0, 0.1) is 0 Å². The smallest absolute Gasteiger partial charge is 0.317 e. The molecule has 1 aliphatic rings. The molecule has 5 nitrogen and oxygen atoms in total. The SMILES string of the molecule is CC1Cc2c(sc(NC(N)=O)c2C(N)=O)-c2ccccc21. The van der Waals surface area contributed by atoms with Gasteiger partial charge in [0.15, 0.2) is 0 Å². The Morgan fingerprint density at radius 2 is 2.00 bits per heavy atom. The highest BCUT2D eigenvalue weighted by molar-refractivity contribution is 7.20. The first-order valence-electron chi connectivity index (χ1n) is 6.60. The van der Waals surface area contributed by atoms with E-state index in [0.29, 0.717) is 16.5 Å². The number of nitrogens with two attached hydrogens (primary N) is 2. The van der Waals surface area contributed by atoms with Crippen molar-refractivity contribution in [3.8, 4) is 10.4 Å². The van der Waals surface area contributed by atoms with E-state index in [1.807, 2.05) is 18.2 Å². The van der Waals surface area contributed by atoms with E-state index < -0.39 is 11.9 Å². The molecule has 0 radical (unpaired) electrons. The molecule has 0 saturated heterocycles. The van der Waals surface area contributed by atoms with Gasteiger partial charge in [-0.05, 0) is 29.0 Å². The molecule has 0 saturated carbocycles. The number of benzene rings is 1. The first-order chi connectivity index (χ1) is 9.99. The molecule has 3 rings (SSSR count). The van der Waals surface area contributed by atoms with Gasteiger partial charge < -0.3 is 11.5 Å². The van der Waals surface area contributed by atoms with Crippen molar-refractivity contribution in [2.24, 2.45) is 11.5 Å². The summed E-state index contributed by atoms with van der Waals surface area (Å²) in [6.07, 6.45) is 0.724. The molecule has 6 heteroatoms. The topological polar surface area (TPSA) is 98.2 Å². The quantitative estimate of drug-likeness (QED) is 0.794. The van der Waals surface area contributed by atoms with Gasteiger partial charge >= 0.3 is 6.03 Å². The van der Waals surface area contributed by atoms with Crippen LogP contribution in [0.4, 0.5) is 9.80 Å². The maximum absolute atomic E-state index is 11.8. The van der Waals surface area contributed by atoms with Gasteiger partial charge in [0.1, 0.15) is 5.00 Å². The number of urea groups is 1. The summed E-state index contributed by atoms with van der Waals surface area (Å²) < 4.78 is 0. The molecule has 5 N–H and O–H groups in total. The van der Waals surface area contributed by atoms with Crippen molar-refractivity contribution in [2.75, 3.05) is 5.32 Å². The fourth-order valence-electron chi connectivity index (χ4n) is 2.89. The summed E-state index contributed by atoms with van der Waals surface area (Å²) in [6, 6.07) is 7.39. The van der Waals surface area contributed by atoms with Crippen molar-refractivity contribution in [1.82, 2.24) is 0 Å². The third-order valence-corrected chi connectivity index (χ3v) is 4.92. The van der Waals surface area contributed by atoms with Crippen LogP contribution in [0.2, 0.25) is 0 Å². The lowest BCUT2D eigenvalue weighted by atomic mass is 9.82. The van der Waals surface area contributed by atoms with Gasteiger partial charge in [-0.15, -0.1) is 11.3 Å². The van der Waals surface area contributed by atoms with Gasteiger partial charge in [-0.25, -0.2) is 4.79 Å². The number of rotatable bonds is 2. The van der Waals surface area contributed by atoms with Crippen LogP contribution in [-0.2, 0) is 6.42 Å². The molecule has 0 spiro atoms. The monoisotopic (exact) mass is 301 g/mol. The van der Waals surface area contributed by atoms with Crippen molar-refractivity contribution in [2.45, 2.75) is 19.3 Å². The number of nitrogens with one attached hydrogen (secondary N) is 1. The average Bonchev–Trinajstić information content (AvgIpc) is 2.76. The fraction of sp³-hybridized carbons (Fsp3) is 0.200. The molecule has 1 aliphatic carbocycles. The van der Waals surface area contributed by atoms with E-state index in [1.54, 1.807) is 0 Å². The second-order valence-electron chi connectivity index (χ2n) is 5.16. The molecular formula is C15H15N3O2S. The first kappa shape index (κ1) is 13.6. The minimum Gasteiger partial charge on any atom is -0.365 e. The number of primary amides is 2. The van der Waals surface area contributed by atoms with E-state index in [4.69, 9.17) is 11.5 Å². The summed E-state index contributed by atoms with van der Waals surface area (Å²) in [6.45, 7) is 2.12. The third-order valence-electron chi connectivity index (χ3n) is 3.74. The standard InChI is InChI=1S/C15H15N3O2S/c1-7-6-10-11(13(16)19)14(18-15(17)20)21-12(10)9-5-3-2-4-8(7)9/h2-5,7H,6H2,1H3,(H2,16,19)(H3,17,18,20). The normalized spacial score (nSPS) is 16.0. The minimum atomic E-state index is -0.697. The van der Waals surface area contributed by atoms with Crippen molar-refractivity contribution in [3.63, 3.8) is 0 Å². The Kier molecular flexibility index (Phi) is 3.17. The van der Waals surface area contributed by atoms with Gasteiger partial charge in [-0.2, -0.15) is 0 Å². The zero-order valence-electron chi connectivity index (χ0n) is 11.5. The average molecular weight is 301 g/mol. The highest BCUT2D eigenvalue weighted by atomic mass is 32.1. The van der Waals surface area contributed by atoms with Crippen LogP contribution in [0.1, 0.15) is 34.3 Å². The molecule has 108 valence electrons. The lowest BCUT2D eigenvalue weighted by molar-refractivity contribution is 0.100. The Morgan fingerprint density at radius 3 is 2.67 bits per heavy atom. The molecule has 2 aromatic rings. The number of thiophene rings is 1. The number of carbonyl (C=O) groups is 2. The molecule has 1 unspecified atom stereocenters. The number of amides is 3. The van der Waals surface area contributed by atoms with Crippen LogP contribution in [0.25, 0.3) is 10.4 Å². The molecule has 21 heavy (non-hydrogen) atoms. The van der Waals surface area contributed by atoms with E-state index in [-0.39, 0.29) is 0 Å². The van der Waals surface area contributed by atoms with Gasteiger partial charge in [-0.1, -0.05) is 31.2 Å². The summed E-state index contributed by atoms with van der Waals surface area (Å²) in [7, 11) is 0. The minimum absolute atomic E-state index is 0.294. The Balaban J connectivity index is 2.25. The molecule has 1 aromatic heterocycles. The van der Waals surface area contributed by atoms with Gasteiger partial charge in [-0.3, -0.25) is 10.1 Å². The number of hydrogen-bond donors (Lipinski definition) is 3. The summed E-state index contributed by atoms with van der Waals surface area (Å²) in [5.74, 6) is -0.245. The van der Waals surface area contributed by atoms with E-state index in [1.165, 1.54) is 16.9 Å². The lowest BCUT2D eigenvalue weighted by Crippen LogP contribution is -2.22. The van der Waals surface area contributed by atoms with Crippen LogP contribution in [-0.4, -0.2) is 11.9 Å². The first-order valence-corrected chi connectivity index (χ1v) is 7.42. The van der Waals surface area contributed by atoms with E-state index in [0.717, 1.165) is 22.4 Å². The van der Waals surface area contributed by atoms with Crippen LogP contribution < -0.4 is 16.8 Å². The summed E-state index contributed by atoms with van der Waals surface area (Å²) in [5, 5.41) is 2.95. The molecular weight excluding hydrogens is 286 g/mol. The molecule has 3 amide bonds. The number of anilines is 1. The molecule has 0 aliphatic heterocycles. The maximum Gasteiger partial charge on any atom is 0.317 e. The maximum atomic E-state index is 11.8. The van der Waals surface area contributed by atoms with Gasteiger partial charge in [0.05, 0.1) is 5.56 Å². The predicted molar refractivity (Wildman–Crippen MR) is 83.6 cm³/mol. The second kappa shape index (κ2) is 4.89. The number of carbonyl (C=O) groups excluding carboxylic acids is 2. The van der Waals surface area contributed by atoms with Gasteiger partial charge in [0.2, 0.25) is 0 Å². The Labute approximate surface area is 126 Å². The fourth-order valence-corrected chi connectivity index (χ4v) is 4.17. The van der Waals surface area contributed by atoms with Crippen LogP contribution in [0.3, 0.4) is 0 Å². The third kappa shape index (κ3) is 2.17. The van der Waals surface area contributed by atoms with Crippen LogP contribution in [0.5, 0.6) is 0 Å². The summed E-state index contributed by atoms with van der Waals surface area (Å²) >= 11 is 1.35. The molecule has 1 aromatic carbocycles. The van der Waals surface area contributed by atoms with Crippen molar-refractivity contribution < 1.29 is 9.59 Å². The van der Waals surface area contributed by atoms with Gasteiger partial charge in [0.25, 0.3) is 5.91 Å². The Morgan fingerprint density at radius 1 is 1.29 bits per heavy atom.